The summed E-state index contributed by atoms with van der Waals surface area (Å²) >= 11 is 0. The van der Waals surface area contributed by atoms with Crippen molar-refractivity contribution in [2.24, 2.45) is 5.92 Å². The second kappa shape index (κ2) is 8.48. The smallest absolute Gasteiger partial charge is 0.319 e. The van der Waals surface area contributed by atoms with E-state index in [0.29, 0.717) is 24.7 Å². The first-order valence-electron chi connectivity index (χ1n) is 9.17. The van der Waals surface area contributed by atoms with E-state index in [-0.39, 0.29) is 6.03 Å². The van der Waals surface area contributed by atoms with Crippen LogP contribution in [0.2, 0.25) is 0 Å². The number of aromatic nitrogens is 2. The van der Waals surface area contributed by atoms with E-state index in [4.69, 9.17) is 0 Å². The summed E-state index contributed by atoms with van der Waals surface area (Å²) in [6, 6.07) is -0.181. The number of nitrogens with zero attached hydrogens (tertiary/aromatic N) is 3. The molecule has 24 heavy (non-hydrogen) atoms. The average molecular weight is 335 g/mol. The van der Waals surface area contributed by atoms with Gasteiger partial charge in [0.1, 0.15) is 0 Å². The first kappa shape index (κ1) is 17.2. The molecule has 3 N–H and O–H groups in total. The van der Waals surface area contributed by atoms with Crippen LogP contribution in [0.25, 0.3) is 0 Å². The number of likely N-dealkylation sites (tertiary alicyclic amines) is 1. The van der Waals surface area contributed by atoms with Crippen LogP contribution in [0, 0.1) is 5.92 Å². The number of rotatable bonds is 7. The normalized spacial score (nSPS) is 20.4. The van der Waals surface area contributed by atoms with Crippen LogP contribution in [0.15, 0.2) is 12.4 Å². The van der Waals surface area contributed by atoms with E-state index >= 15 is 0 Å². The average Bonchev–Trinajstić information content (AvgIpc) is 3.28. The molecule has 2 amide bonds. The molecule has 2 fully saturated rings. The molecule has 0 spiro atoms. The lowest BCUT2D eigenvalue weighted by atomic mass is 10.1. The lowest BCUT2D eigenvalue weighted by molar-refractivity contribution is 0.106. The van der Waals surface area contributed by atoms with Crippen molar-refractivity contribution >= 4 is 11.7 Å². The molecule has 1 saturated heterocycles. The number of urea groups is 1. The van der Waals surface area contributed by atoms with Crippen LogP contribution >= 0.6 is 0 Å². The van der Waals surface area contributed by atoms with Gasteiger partial charge >= 0.3 is 6.03 Å². The van der Waals surface area contributed by atoms with Crippen molar-refractivity contribution in [2.75, 3.05) is 31.5 Å². The van der Waals surface area contributed by atoms with Gasteiger partial charge in [-0.1, -0.05) is 12.8 Å². The number of anilines is 1. The van der Waals surface area contributed by atoms with Gasteiger partial charge in [0.2, 0.25) is 0 Å². The van der Waals surface area contributed by atoms with Crippen LogP contribution in [0.1, 0.15) is 38.5 Å². The summed E-state index contributed by atoms with van der Waals surface area (Å²) in [4.78, 5) is 14.2. The molecule has 7 nitrogen and oxygen atoms in total. The Kier molecular flexibility index (Phi) is 6.09. The highest BCUT2D eigenvalue weighted by Gasteiger charge is 2.17. The molecule has 1 aliphatic heterocycles. The molecule has 0 radical (unpaired) electrons. The van der Waals surface area contributed by atoms with E-state index in [2.05, 4.69) is 20.6 Å². The van der Waals surface area contributed by atoms with Gasteiger partial charge in [-0.15, -0.1) is 0 Å². The minimum absolute atomic E-state index is 0.181. The maximum Gasteiger partial charge on any atom is 0.319 e. The van der Waals surface area contributed by atoms with Crippen LogP contribution in [-0.2, 0) is 6.54 Å². The number of amides is 2. The number of aliphatic hydroxyl groups is 1. The minimum atomic E-state index is -0.438. The highest BCUT2D eigenvalue weighted by Crippen LogP contribution is 2.23. The topological polar surface area (TPSA) is 82.4 Å². The fourth-order valence-corrected chi connectivity index (χ4v) is 3.69. The summed E-state index contributed by atoms with van der Waals surface area (Å²) in [6.07, 6.45) is 10.4. The van der Waals surface area contributed by atoms with Gasteiger partial charge in [-0.3, -0.25) is 4.68 Å². The molecule has 7 heteroatoms. The van der Waals surface area contributed by atoms with E-state index in [0.717, 1.165) is 19.6 Å². The Morgan fingerprint density at radius 1 is 1.25 bits per heavy atom. The molecule has 0 bridgehead atoms. The first-order chi connectivity index (χ1) is 11.7. The van der Waals surface area contributed by atoms with Gasteiger partial charge in [-0.25, -0.2) is 4.79 Å². The molecule has 1 saturated carbocycles. The largest absolute Gasteiger partial charge is 0.390 e. The molecule has 2 heterocycles. The van der Waals surface area contributed by atoms with Crippen molar-refractivity contribution in [1.82, 2.24) is 20.0 Å². The lowest BCUT2D eigenvalue weighted by Crippen LogP contribution is -2.33. The summed E-state index contributed by atoms with van der Waals surface area (Å²) in [5, 5.41) is 20.1. The fraction of sp³-hybridized carbons (Fsp3) is 0.765. The fourth-order valence-electron chi connectivity index (χ4n) is 3.69. The summed E-state index contributed by atoms with van der Waals surface area (Å²) in [6.45, 7) is 4.02. The number of hydrogen-bond acceptors (Lipinski definition) is 4. The van der Waals surface area contributed by atoms with Crippen LogP contribution < -0.4 is 10.6 Å². The first-order valence-corrected chi connectivity index (χ1v) is 9.17. The Hall–Kier alpha value is -1.60. The predicted octanol–water partition coefficient (Wildman–Crippen LogP) is 1.65. The predicted molar refractivity (Wildman–Crippen MR) is 92.9 cm³/mol. The molecule has 3 rings (SSSR count). The van der Waals surface area contributed by atoms with E-state index in [1.807, 2.05) is 0 Å². The zero-order chi connectivity index (χ0) is 16.8. The quantitative estimate of drug-likeness (QED) is 0.708. The van der Waals surface area contributed by atoms with E-state index in [9.17, 15) is 9.90 Å². The summed E-state index contributed by atoms with van der Waals surface area (Å²) in [7, 11) is 0. The van der Waals surface area contributed by atoms with Gasteiger partial charge in [0.05, 0.1) is 24.5 Å². The second-order valence-electron chi connectivity index (χ2n) is 7.10. The molecule has 1 aliphatic carbocycles. The molecule has 134 valence electrons. The Morgan fingerprint density at radius 3 is 2.75 bits per heavy atom. The van der Waals surface area contributed by atoms with Crippen molar-refractivity contribution in [3.05, 3.63) is 12.4 Å². The Bertz CT molecular complexity index is 521. The van der Waals surface area contributed by atoms with Gasteiger partial charge < -0.3 is 20.6 Å². The molecular formula is C17H29N5O2. The third-order valence-corrected chi connectivity index (χ3v) is 4.98. The number of β-amino-alcohol motifs (C(OH)–C–C–N with tert-alkyl or cyclic N) is 1. The number of aliphatic hydroxyl groups excluding tert-OH is 1. The van der Waals surface area contributed by atoms with E-state index < -0.39 is 6.10 Å². The SMILES string of the molecule is O=C(NCC1CCCC1)Nc1cnn(C[C@H](O)CN2CCCC2)c1. The van der Waals surface area contributed by atoms with Crippen molar-refractivity contribution in [3.63, 3.8) is 0 Å². The molecular weight excluding hydrogens is 306 g/mol. The van der Waals surface area contributed by atoms with Crippen molar-refractivity contribution in [2.45, 2.75) is 51.2 Å². The van der Waals surface area contributed by atoms with Gasteiger partial charge in [0.25, 0.3) is 0 Å². The maximum absolute atomic E-state index is 11.9. The number of hydrogen-bond donors (Lipinski definition) is 3. The molecule has 1 aromatic rings. The molecule has 1 atom stereocenters. The summed E-state index contributed by atoms with van der Waals surface area (Å²) in [5.41, 5.74) is 0.660. The maximum atomic E-state index is 11.9. The Balaban J connectivity index is 1.38. The lowest BCUT2D eigenvalue weighted by Gasteiger charge is -2.19. The van der Waals surface area contributed by atoms with E-state index in [1.54, 1.807) is 17.1 Å². The van der Waals surface area contributed by atoms with Gasteiger partial charge in [-0.2, -0.15) is 5.10 Å². The van der Waals surface area contributed by atoms with Crippen LogP contribution in [0.5, 0.6) is 0 Å². The minimum Gasteiger partial charge on any atom is -0.390 e. The molecule has 2 aliphatic rings. The van der Waals surface area contributed by atoms with Crippen molar-refractivity contribution < 1.29 is 9.90 Å². The molecule has 1 aromatic heterocycles. The third-order valence-electron chi connectivity index (χ3n) is 4.98. The van der Waals surface area contributed by atoms with Gasteiger partial charge in [0.15, 0.2) is 0 Å². The van der Waals surface area contributed by atoms with Gasteiger partial charge in [-0.05, 0) is 44.7 Å². The van der Waals surface area contributed by atoms with Crippen molar-refractivity contribution in [3.8, 4) is 0 Å². The number of carbonyl (C=O) groups excluding carboxylic acids is 1. The number of carbonyl (C=O) groups is 1. The summed E-state index contributed by atoms with van der Waals surface area (Å²) in [5.74, 6) is 0.624. The zero-order valence-corrected chi connectivity index (χ0v) is 14.3. The Labute approximate surface area is 143 Å². The third kappa shape index (κ3) is 5.21. The number of nitrogens with one attached hydrogen (secondary N) is 2. The second-order valence-corrected chi connectivity index (χ2v) is 7.10. The molecule has 0 aromatic carbocycles. The standard InChI is InChI=1S/C17H29N5O2/c23-16(12-21-7-3-4-8-21)13-22-11-15(10-19-22)20-17(24)18-9-14-5-1-2-6-14/h10-11,14,16,23H,1-9,12-13H2,(H2,18,20,24)/t16-/m1/s1. The zero-order valence-electron chi connectivity index (χ0n) is 14.3. The monoisotopic (exact) mass is 335 g/mol. The highest BCUT2D eigenvalue weighted by atomic mass is 16.3. The summed E-state index contributed by atoms with van der Waals surface area (Å²) < 4.78 is 1.69. The molecule has 0 unspecified atom stereocenters. The van der Waals surface area contributed by atoms with Crippen molar-refractivity contribution in [1.29, 1.82) is 0 Å². The van der Waals surface area contributed by atoms with Crippen LogP contribution in [0.4, 0.5) is 10.5 Å². The Morgan fingerprint density at radius 2 is 2.00 bits per heavy atom. The highest BCUT2D eigenvalue weighted by molar-refractivity contribution is 5.88. The van der Waals surface area contributed by atoms with Gasteiger partial charge in [0, 0.05) is 19.3 Å². The van der Waals surface area contributed by atoms with Crippen LogP contribution in [0.3, 0.4) is 0 Å². The van der Waals surface area contributed by atoms with Crippen LogP contribution in [-0.4, -0.2) is 58.1 Å². The van der Waals surface area contributed by atoms with E-state index in [1.165, 1.54) is 38.5 Å².